The maximum atomic E-state index is 5.79. The first-order chi connectivity index (χ1) is 12.2. The van der Waals surface area contributed by atoms with Gasteiger partial charge < -0.3 is 9.15 Å². The summed E-state index contributed by atoms with van der Waals surface area (Å²) in [7, 11) is 1.63. The summed E-state index contributed by atoms with van der Waals surface area (Å²) in [6, 6.07) is 13.8. The lowest BCUT2D eigenvalue weighted by atomic mass is 10.1. The first-order valence-corrected chi connectivity index (χ1v) is 8.72. The third-order valence-corrected chi connectivity index (χ3v) is 3.21. The number of aryl methyl sites for hydroxylation is 2. The van der Waals surface area contributed by atoms with Gasteiger partial charge in [-0.05, 0) is 44.2 Å². The fourth-order valence-electron chi connectivity index (χ4n) is 2.31. The molecule has 0 fully saturated rings. The molecule has 0 aliphatic carbocycles. The van der Waals surface area contributed by atoms with E-state index in [0.29, 0.717) is 11.8 Å². The Morgan fingerprint density at radius 1 is 0.760 bits per heavy atom. The summed E-state index contributed by atoms with van der Waals surface area (Å²) < 4.78 is 11.0. The third-order valence-electron chi connectivity index (χ3n) is 3.21. The monoisotopic (exact) mass is 340 g/mol. The lowest BCUT2D eigenvalue weighted by molar-refractivity contribution is 0.415. The van der Waals surface area contributed by atoms with Crippen LogP contribution in [0.4, 0.5) is 0 Å². The van der Waals surface area contributed by atoms with Crippen LogP contribution in [0.25, 0.3) is 22.9 Å². The number of benzene rings is 2. The summed E-state index contributed by atoms with van der Waals surface area (Å²) in [4.78, 5) is 0. The highest BCUT2D eigenvalue weighted by Crippen LogP contribution is 2.27. The minimum absolute atomic E-state index is 0.489. The Kier molecular flexibility index (Phi) is 8.40. The van der Waals surface area contributed by atoms with Crippen LogP contribution in [0.15, 0.2) is 46.9 Å². The molecule has 0 saturated heterocycles. The van der Waals surface area contributed by atoms with E-state index in [1.54, 1.807) is 7.11 Å². The number of hydrogen-bond acceptors (Lipinski definition) is 4. The summed E-state index contributed by atoms with van der Waals surface area (Å²) in [6.07, 6.45) is 0. The van der Waals surface area contributed by atoms with Crippen LogP contribution in [0.5, 0.6) is 5.75 Å². The SMILES string of the molecule is CC.CC.COc1cccc(-c2nnc(-c3cc(C)cc(C)c3)o2)c1. The van der Waals surface area contributed by atoms with Crippen LogP contribution in [0.1, 0.15) is 38.8 Å². The van der Waals surface area contributed by atoms with E-state index < -0.39 is 0 Å². The Hall–Kier alpha value is -2.62. The van der Waals surface area contributed by atoms with E-state index in [2.05, 4.69) is 30.1 Å². The van der Waals surface area contributed by atoms with Crippen LogP contribution in [0.2, 0.25) is 0 Å². The van der Waals surface area contributed by atoms with Crippen molar-refractivity contribution in [3.05, 3.63) is 53.6 Å². The Balaban J connectivity index is 0.000000730. The van der Waals surface area contributed by atoms with Gasteiger partial charge in [-0.2, -0.15) is 0 Å². The van der Waals surface area contributed by atoms with Crippen molar-refractivity contribution in [1.82, 2.24) is 10.2 Å². The van der Waals surface area contributed by atoms with Crippen LogP contribution in [0, 0.1) is 13.8 Å². The van der Waals surface area contributed by atoms with Crippen molar-refractivity contribution in [3.8, 4) is 28.7 Å². The highest BCUT2D eigenvalue weighted by atomic mass is 16.5. The van der Waals surface area contributed by atoms with E-state index >= 15 is 0 Å². The molecule has 0 aliphatic heterocycles. The Morgan fingerprint density at radius 2 is 1.32 bits per heavy atom. The van der Waals surface area contributed by atoms with Gasteiger partial charge in [0.05, 0.1) is 7.11 Å². The predicted octanol–water partition coefficient (Wildman–Crippen LogP) is 6.08. The second-order valence-corrected chi connectivity index (χ2v) is 5.02. The lowest BCUT2D eigenvalue weighted by Gasteiger charge is -2.01. The van der Waals surface area contributed by atoms with Crippen molar-refractivity contribution in [2.75, 3.05) is 7.11 Å². The molecule has 4 heteroatoms. The normalized spacial score (nSPS) is 9.40. The highest BCUT2D eigenvalue weighted by molar-refractivity contribution is 5.60. The van der Waals surface area contributed by atoms with E-state index in [1.807, 2.05) is 64.1 Å². The first kappa shape index (κ1) is 20.4. The molecule has 0 N–H and O–H groups in total. The zero-order valence-corrected chi connectivity index (χ0v) is 16.3. The van der Waals surface area contributed by atoms with Crippen molar-refractivity contribution < 1.29 is 9.15 Å². The van der Waals surface area contributed by atoms with Gasteiger partial charge in [0.1, 0.15) is 5.75 Å². The zero-order chi connectivity index (χ0) is 18.8. The van der Waals surface area contributed by atoms with E-state index in [-0.39, 0.29) is 0 Å². The molecular formula is C21H28N2O2. The molecule has 0 spiro atoms. The van der Waals surface area contributed by atoms with Crippen molar-refractivity contribution in [3.63, 3.8) is 0 Å². The summed E-state index contributed by atoms with van der Waals surface area (Å²) >= 11 is 0. The molecule has 0 bridgehead atoms. The number of rotatable bonds is 3. The lowest BCUT2D eigenvalue weighted by Crippen LogP contribution is -1.83. The van der Waals surface area contributed by atoms with Crippen molar-refractivity contribution in [1.29, 1.82) is 0 Å². The number of nitrogens with zero attached hydrogens (tertiary/aromatic N) is 2. The fourth-order valence-corrected chi connectivity index (χ4v) is 2.31. The van der Waals surface area contributed by atoms with Gasteiger partial charge in [0.25, 0.3) is 0 Å². The molecule has 0 unspecified atom stereocenters. The molecule has 0 aliphatic rings. The maximum absolute atomic E-state index is 5.79. The number of methoxy groups -OCH3 is 1. The smallest absolute Gasteiger partial charge is 0.248 e. The minimum atomic E-state index is 0.489. The third kappa shape index (κ3) is 5.45. The van der Waals surface area contributed by atoms with Gasteiger partial charge in [-0.25, -0.2) is 0 Å². The van der Waals surface area contributed by atoms with Gasteiger partial charge in [0.15, 0.2) is 0 Å². The van der Waals surface area contributed by atoms with Crippen molar-refractivity contribution in [2.45, 2.75) is 41.5 Å². The summed E-state index contributed by atoms with van der Waals surface area (Å²) in [5, 5.41) is 8.27. The topological polar surface area (TPSA) is 48.2 Å². The van der Waals surface area contributed by atoms with Crippen molar-refractivity contribution >= 4 is 0 Å². The minimum Gasteiger partial charge on any atom is -0.497 e. The molecule has 3 aromatic rings. The fraction of sp³-hybridized carbons (Fsp3) is 0.333. The average Bonchev–Trinajstić information content (AvgIpc) is 3.15. The van der Waals surface area contributed by atoms with Gasteiger partial charge in [0, 0.05) is 11.1 Å². The van der Waals surface area contributed by atoms with Gasteiger partial charge in [-0.3, -0.25) is 0 Å². The molecule has 0 amide bonds. The van der Waals surface area contributed by atoms with Gasteiger partial charge in [-0.15, -0.1) is 10.2 Å². The first-order valence-electron chi connectivity index (χ1n) is 8.72. The van der Waals surface area contributed by atoms with Crippen LogP contribution in [-0.2, 0) is 0 Å². The number of ether oxygens (including phenoxy) is 1. The molecule has 2 aromatic carbocycles. The molecule has 1 aromatic heterocycles. The molecule has 25 heavy (non-hydrogen) atoms. The summed E-state index contributed by atoms with van der Waals surface area (Å²) in [6.45, 7) is 12.1. The van der Waals surface area contributed by atoms with E-state index in [9.17, 15) is 0 Å². The summed E-state index contributed by atoms with van der Waals surface area (Å²) in [5.74, 6) is 1.78. The van der Waals surface area contributed by atoms with Crippen LogP contribution in [-0.4, -0.2) is 17.3 Å². The quantitative estimate of drug-likeness (QED) is 0.579. The second kappa shape index (κ2) is 10.3. The number of aromatic nitrogens is 2. The average molecular weight is 340 g/mol. The highest BCUT2D eigenvalue weighted by Gasteiger charge is 2.11. The van der Waals surface area contributed by atoms with Crippen LogP contribution in [0.3, 0.4) is 0 Å². The molecule has 1 heterocycles. The van der Waals surface area contributed by atoms with E-state index in [1.165, 1.54) is 11.1 Å². The van der Waals surface area contributed by atoms with Gasteiger partial charge >= 0.3 is 0 Å². The number of hydrogen-bond donors (Lipinski definition) is 0. The van der Waals surface area contributed by atoms with E-state index in [4.69, 9.17) is 9.15 Å². The Morgan fingerprint density at radius 3 is 1.88 bits per heavy atom. The summed E-state index contributed by atoms with van der Waals surface area (Å²) in [5.41, 5.74) is 4.13. The molecule has 0 radical (unpaired) electrons. The Labute approximate surface area is 150 Å². The predicted molar refractivity (Wildman–Crippen MR) is 104 cm³/mol. The molecular weight excluding hydrogens is 312 g/mol. The van der Waals surface area contributed by atoms with Crippen LogP contribution >= 0.6 is 0 Å². The molecule has 3 rings (SSSR count). The Bertz CT molecular complexity index is 759. The van der Waals surface area contributed by atoms with E-state index in [0.717, 1.165) is 16.9 Å². The van der Waals surface area contributed by atoms with Crippen molar-refractivity contribution in [2.24, 2.45) is 0 Å². The molecule has 4 nitrogen and oxygen atoms in total. The van der Waals surface area contributed by atoms with Gasteiger partial charge in [0.2, 0.25) is 11.8 Å². The van der Waals surface area contributed by atoms with Gasteiger partial charge in [-0.1, -0.05) is 51.0 Å². The standard InChI is InChI=1S/C17H16N2O2.2C2H6/c1-11-7-12(2)9-14(8-11)17-19-18-16(21-17)13-5-4-6-15(10-13)20-3;2*1-2/h4-10H,1-3H3;2*1-2H3. The molecule has 134 valence electrons. The maximum Gasteiger partial charge on any atom is 0.248 e. The van der Waals surface area contributed by atoms with Crippen LogP contribution < -0.4 is 4.74 Å². The zero-order valence-electron chi connectivity index (χ0n) is 16.3. The molecule has 0 saturated carbocycles. The second-order valence-electron chi connectivity index (χ2n) is 5.02. The molecule has 0 atom stereocenters. The largest absolute Gasteiger partial charge is 0.497 e.